The van der Waals surface area contributed by atoms with Gasteiger partial charge in [-0.05, 0) is 56.0 Å². The van der Waals surface area contributed by atoms with Gasteiger partial charge in [-0.3, -0.25) is 4.98 Å². The summed E-state index contributed by atoms with van der Waals surface area (Å²) in [6.45, 7) is 2.71. The van der Waals surface area contributed by atoms with Crippen LogP contribution in [-0.4, -0.2) is 26.1 Å². The third-order valence-corrected chi connectivity index (χ3v) is 6.50. The van der Waals surface area contributed by atoms with Crippen molar-refractivity contribution in [3.63, 3.8) is 0 Å². The molecule has 2 aliphatic rings. The second-order valence-electron chi connectivity index (χ2n) is 8.19. The Morgan fingerprint density at radius 2 is 2.00 bits per heavy atom. The van der Waals surface area contributed by atoms with E-state index in [-0.39, 0.29) is 5.82 Å². The molecule has 0 unspecified atom stereocenters. The fourth-order valence-electron chi connectivity index (χ4n) is 4.94. The number of benzene rings is 1. The molecule has 6 rings (SSSR count). The van der Waals surface area contributed by atoms with Gasteiger partial charge in [0.05, 0.1) is 11.7 Å². The van der Waals surface area contributed by atoms with E-state index in [9.17, 15) is 8.78 Å². The Labute approximate surface area is 172 Å². The van der Waals surface area contributed by atoms with Crippen molar-refractivity contribution in [1.29, 1.82) is 0 Å². The molecule has 4 heterocycles. The molecule has 0 amide bonds. The van der Waals surface area contributed by atoms with Crippen molar-refractivity contribution >= 4 is 11.5 Å². The Balaban J connectivity index is 1.46. The Bertz CT molecular complexity index is 1280. The second kappa shape index (κ2) is 6.08. The molecule has 0 spiro atoms. The molecule has 2 fully saturated rings. The zero-order valence-electron chi connectivity index (χ0n) is 16.4. The Kier molecular flexibility index (Phi) is 3.54. The molecule has 1 aromatic carbocycles. The second-order valence-corrected chi connectivity index (χ2v) is 8.19. The van der Waals surface area contributed by atoms with Crippen LogP contribution in [0, 0.1) is 24.5 Å². The number of halogens is 2. The number of fused-ring (bicyclic) bond motifs is 2. The first-order valence-electron chi connectivity index (χ1n) is 10.1. The van der Waals surface area contributed by atoms with E-state index in [1.165, 1.54) is 18.2 Å². The largest absolute Gasteiger partial charge is 0.346 e. The van der Waals surface area contributed by atoms with Crippen molar-refractivity contribution < 1.29 is 8.78 Å². The highest BCUT2D eigenvalue weighted by atomic mass is 19.1. The maximum absolute atomic E-state index is 14.7. The predicted molar refractivity (Wildman–Crippen MR) is 109 cm³/mol. The van der Waals surface area contributed by atoms with Crippen molar-refractivity contribution in [2.45, 2.75) is 25.3 Å². The van der Waals surface area contributed by atoms with Crippen LogP contribution < -0.4 is 4.90 Å². The van der Waals surface area contributed by atoms with E-state index in [0.717, 1.165) is 47.7 Å². The summed E-state index contributed by atoms with van der Waals surface area (Å²) in [4.78, 5) is 11.4. The van der Waals surface area contributed by atoms with Gasteiger partial charge in [0, 0.05) is 41.3 Å². The predicted octanol–water partition coefficient (Wildman–Crippen LogP) is 4.50. The third kappa shape index (κ3) is 2.41. The van der Waals surface area contributed by atoms with Crippen LogP contribution in [0.4, 0.5) is 14.6 Å². The summed E-state index contributed by atoms with van der Waals surface area (Å²) in [6.07, 6.45) is 7.22. The minimum atomic E-state index is -0.511. The van der Waals surface area contributed by atoms with Gasteiger partial charge in [0.1, 0.15) is 17.5 Å². The van der Waals surface area contributed by atoms with Gasteiger partial charge in [-0.1, -0.05) is 6.07 Å². The fraction of sp³-hybridized carbons (Fsp3) is 0.261. The summed E-state index contributed by atoms with van der Waals surface area (Å²) in [6, 6.07) is 9.60. The van der Waals surface area contributed by atoms with E-state index in [1.807, 2.05) is 37.5 Å². The van der Waals surface area contributed by atoms with Crippen molar-refractivity contribution in [2.24, 2.45) is 5.92 Å². The molecule has 0 radical (unpaired) electrons. The lowest BCUT2D eigenvalue weighted by molar-refractivity contribution is 0.544. The zero-order chi connectivity index (χ0) is 20.5. The highest BCUT2D eigenvalue weighted by Crippen LogP contribution is 2.63. The maximum Gasteiger partial charge on any atom is 0.165 e. The van der Waals surface area contributed by atoms with E-state index in [2.05, 4.69) is 15.0 Å². The highest BCUT2D eigenvalue weighted by molar-refractivity contribution is 5.77. The van der Waals surface area contributed by atoms with E-state index in [0.29, 0.717) is 11.5 Å². The Morgan fingerprint density at radius 3 is 2.80 bits per heavy atom. The van der Waals surface area contributed by atoms with E-state index in [4.69, 9.17) is 4.98 Å². The van der Waals surface area contributed by atoms with Gasteiger partial charge < -0.3 is 4.90 Å². The SMILES string of the molecule is Cc1ccc(-c2cnn3ccc(N4CC[C@H]5C[C@]54c4cc(F)ccc4F)nc23)cn1. The number of hydrogen-bond acceptors (Lipinski definition) is 4. The Morgan fingerprint density at radius 1 is 1.10 bits per heavy atom. The van der Waals surface area contributed by atoms with Gasteiger partial charge in [0.15, 0.2) is 5.65 Å². The van der Waals surface area contributed by atoms with Gasteiger partial charge in [0.2, 0.25) is 0 Å². The summed E-state index contributed by atoms with van der Waals surface area (Å²) >= 11 is 0. The van der Waals surface area contributed by atoms with Crippen LogP contribution in [0.3, 0.4) is 0 Å². The first-order valence-corrected chi connectivity index (χ1v) is 10.1. The lowest BCUT2D eigenvalue weighted by Crippen LogP contribution is -2.34. The quantitative estimate of drug-likeness (QED) is 0.505. The molecular weight excluding hydrogens is 384 g/mol. The molecule has 1 aliphatic heterocycles. The molecule has 1 saturated carbocycles. The maximum atomic E-state index is 14.7. The summed E-state index contributed by atoms with van der Waals surface area (Å²) < 4.78 is 30.3. The molecule has 30 heavy (non-hydrogen) atoms. The minimum absolute atomic E-state index is 0.317. The molecule has 7 heteroatoms. The van der Waals surface area contributed by atoms with Crippen molar-refractivity contribution in [2.75, 3.05) is 11.4 Å². The minimum Gasteiger partial charge on any atom is -0.346 e. The number of anilines is 1. The fourth-order valence-corrected chi connectivity index (χ4v) is 4.94. The topological polar surface area (TPSA) is 46.3 Å². The van der Waals surface area contributed by atoms with Crippen LogP contribution in [0.5, 0.6) is 0 Å². The van der Waals surface area contributed by atoms with Gasteiger partial charge in [-0.2, -0.15) is 5.10 Å². The van der Waals surface area contributed by atoms with Gasteiger partial charge in [0.25, 0.3) is 0 Å². The van der Waals surface area contributed by atoms with Crippen molar-refractivity contribution in [1.82, 2.24) is 19.6 Å². The molecule has 2 atom stereocenters. The number of rotatable bonds is 3. The first-order chi connectivity index (χ1) is 14.6. The van der Waals surface area contributed by atoms with Crippen molar-refractivity contribution in [3.05, 3.63) is 77.9 Å². The number of pyridine rings is 1. The van der Waals surface area contributed by atoms with Crippen LogP contribution in [-0.2, 0) is 5.54 Å². The van der Waals surface area contributed by atoms with Crippen LogP contribution in [0.25, 0.3) is 16.8 Å². The van der Waals surface area contributed by atoms with Crippen molar-refractivity contribution in [3.8, 4) is 11.1 Å². The average Bonchev–Trinajstić information content (AvgIpc) is 3.13. The summed E-state index contributed by atoms with van der Waals surface area (Å²) in [5.41, 5.74) is 3.42. The summed E-state index contributed by atoms with van der Waals surface area (Å²) in [5, 5.41) is 4.41. The van der Waals surface area contributed by atoms with Crippen LogP contribution in [0.15, 0.2) is 55.0 Å². The molecular formula is C23H19F2N5. The molecule has 3 aromatic heterocycles. The molecule has 0 bridgehead atoms. The number of piperidine rings is 1. The van der Waals surface area contributed by atoms with E-state index >= 15 is 0 Å². The van der Waals surface area contributed by atoms with Gasteiger partial charge in [-0.25, -0.2) is 18.3 Å². The van der Waals surface area contributed by atoms with E-state index in [1.54, 1.807) is 10.7 Å². The zero-order valence-corrected chi connectivity index (χ0v) is 16.4. The third-order valence-electron chi connectivity index (χ3n) is 6.50. The number of aryl methyl sites for hydroxylation is 1. The lowest BCUT2D eigenvalue weighted by atomic mass is 10.0. The highest BCUT2D eigenvalue weighted by Gasteiger charge is 2.64. The number of hydrogen-bond donors (Lipinski definition) is 0. The van der Waals surface area contributed by atoms with Gasteiger partial charge >= 0.3 is 0 Å². The molecule has 1 saturated heterocycles. The monoisotopic (exact) mass is 403 g/mol. The van der Waals surface area contributed by atoms with Crippen LogP contribution >= 0.6 is 0 Å². The van der Waals surface area contributed by atoms with Crippen LogP contribution in [0.1, 0.15) is 24.1 Å². The summed E-state index contributed by atoms with van der Waals surface area (Å²) in [7, 11) is 0. The molecule has 0 N–H and O–H groups in total. The molecule has 5 nitrogen and oxygen atoms in total. The first kappa shape index (κ1) is 17.5. The lowest BCUT2D eigenvalue weighted by Gasteiger charge is -2.30. The average molecular weight is 403 g/mol. The van der Waals surface area contributed by atoms with E-state index < -0.39 is 11.4 Å². The smallest absolute Gasteiger partial charge is 0.165 e. The molecule has 1 aliphatic carbocycles. The normalized spacial score (nSPS) is 22.5. The molecule has 150 valence electrons. The summed E-state index contributed by atoms with van der Waals surface area (Å²) in [5.74, 6) is 0.305. The Hall–Kier alpha value is -3.35. The molecule has 4 aromatic rings. The number of aromatic nitrogens is 4. The number of nitrogens with zero attached hydrogens (tertiary/aromatic N) is 5. The van der Waals surface area contributed by atoms with Crippen LogP contribution in [0.2, 0.25) is 0 Å². The van der Waals surface area contributed by atoms with Gasteiger partial charge in [-0.15, -0.1) is 0 Å². The standard InChI is InChI=1S/C23H19F2N5/c1-14-2-3-15(12-26-14)18-13-27-30-9-7-21(28-22(18)30)29-8-6-16-11-23(16,29)19-10-17(24)4-5-20(19)25/h2-5,7,9-10,12-13,16H,6,8,11H2,1H3/t16-,23+/m0/s1.